The summed E-state index contributed by atoms with van der Waals surface area (Å²) in [4.78, 5) is 2.56. The molecule has 2 atom stereocenters. The van der Waals surface area contributed by atoms with Crippen molar-refractivity contribution in [3.8, 4) is 0 Å². The van der Waals surface area contributed by atoms with Gasteiger partial charge in [0, 0.05) is 30.1 Å². The Bertz CT molecular complexity index is 189. The van der Waals surface area contributed by atoms with Gasteiger partial charge in [-0.25, -0.2) is 0 Å². The largest absolute Gasteiger partial charge is 0.327 e. The lowest BCUT2D eigenvalue weighted by atomic mass is 9.85. The molecule has 2 unspecified atom stereocenters. The monoisotopic (exact) mass is 230 g/mol. The summed E-state index contributed by atoms with van der Waals surface area (Å²) < 4.78 is 0. The van der Waals surface area contributed by atoms with E-state index in [9.17, 15) is 0 Å². The number of hydrogen-bond acceptors (Lipinski definition) is 3. The molecule has 3 heteroatoms. The Morgan fingerprint density at radius 2 is 2.13 bits per heavy atom. The third-order valence-electron chi connectivity index (χ3n) is 3.19. The molecule has 1 heterocycles. The summed E-state index contributed by atoms with van der Waals surface area (Å²) in [7, 11) is 0. The molecular weight excluding hydrogens is 204 g/mol. The summed E-state index contributed by atoms with van der Waals surface area (Å²) in [5, 5.41) is 0.796. The Labute approximate surface area is 99.0 Å². The number of hydrogen-bond donors (Lipinski definition) is 1. The van der Waals surface area contributed by atoms with Gasteiger partial charge >= 0.3 is 0 Å². The zero-order valence-corrected chi connectivity index (χ0v) is 11.4. The molecule has 0 saturated carbocycles. The molecule has 0 aliphatic carbocycles. The number of rotatable bonds is 3. The molecule has 0 spiro atoms. The highest BCUT2D eigenvalue weighted by molar-refractivity contribution is 7.99. The third-order valence-corrected chi connectivity index (χ3v) is 4.33. The van der Waals surface area contributed by atoms with E-state index < -0.39 is 0 Å². The van der Waals surface area contributed by atoms with Crippen molar-refractivity contribution in [3.63, 3.8) is 0 Å². The molecule has 0 bridgehead atoms. The normalized spacial score (nSPS) is 26.6. The van der Waals surface area contributed by atoms with Gasteiger partial charge in [-0.05, 0) is 18.4 Å². The van der Waals surface area contributed by atoms with Gasteiger partial charge in [-0.2, -0.15) is 11.8 Å². The zero-order valence-electron chi connectivity index (χ0n) is 10.6. The summed E-state index contributed by atoms with van der Waals surface area (Å²) in [5.74, 6) is 1.28. The Hall–Kier alpha value is 0.270. The van der Waals surface area contributed by atoms with E-state index in [1.54, 1.807) is 0 Å². The van der Waals surface area contributed by atoms with Crippen molar-refractivity contribution in [2.45, 2.75) is 45.4 Å². The molecule has 1 rings (SSSR count). The second-order valence-corrected chi connectivity index (χ2v) is 7.29. The first-order valence-corrected chi connectivity index (χ1v) is 7.04. The van der Waals surface area contributed by atoms with Crippen molar-refractivity contribution >= 4 is 11.8 Å². The van der Waals surface area contributed by atoms with Crippen LogP contribution in [0.2, 0.25) is 0 Å². The Kier molecular flexibility index (Phi) is 4.94. The Balaban J connectivity index is 2.24. The molecule has 2 nitrogen and oxygen atoms in total. The van der Waals surface area contributed by atoms with Gasteiger partial charge in [-0.3, -0.25) is 0 Å². The predicted octanol–water partition coefficient (Wildman–Crippen LogP) is 2.19. The second-order valence-electron chi connectivity index (χ2n) is 5.74. The molecule has 15 heavy (non-hydrogen) atoms. The number of nitrogens with zero attached hydrogens (tertiary/aromatic N) is 1. The van der Waals surface area contributed by atoms with Crippen LogP contribution in [0.4, 0.5) is 0 Å². The molecule has 0 aromatic carbocycles. The molecule has 0 amide bonds. The van der Waals surface area contributed by atoms with Crippen molar-refractivity contribution in [2.24, 2.45) is 11.1 Å². The molecule has 1 aliphatic rings. The quantitative estimate of drug-likeness (QED) is 0.806. The van der Waals surface area contributed by atoms with Crippen molar-refractivity contribution in [2.75, 3.05) is 25.4 Å². The topological polar surface area (TPSA) is 29.3 Å². The van der Waals surface area contributed by atoms with Gasteiger partial charge in [-0.1, -0.05) is 27.7 Å². The maximum absolute atomic E-state index is 6.17. The van der Waals surface area contributed by atoms with Crippen molar-refractivity contribution < 1.29 is 0 Å². The van der Waals surface area contributed by atoms with E-state index in [0.717, 1.165) is 11.7 Å². The highest BCUT2D eigenvalue weighted by Gasteiger charge is 2.22. The first-order valence-electron chi connectivity index (χ1n) is 5.99. The molecule has 2 N–H and O–H groups in total. The molecule has 0 aromatic rings. The van der Waals surface area contributed by atoms with Crippen LogP contribution in [-0.4, -0.2) is 41.6 Å². The SMILES string of the molecule is CC1CN(CCC(N)C(C)(C)C)CCS1. The predicted molar refractivity (Wildman–Crippen MR) is 70.4 cm³/mol. The van der Waals surface area contributed by atoms with E-state index in [2.05, 4.69) is 44.4 Å². The first kappa shape index (κ1) is 13.3. The standard InChI is InChI=1S/C12H26N2S/c1-10-9-14(7-8-15-10)6-5-11(13)12(2,3)4/h10-11H,5-9,13H2,1-4H3. The highest BCUT2D eigenvalue weighted by atomic mass is 32.2. The Morgan fingerprint density at radius 3 is 2.67 bits per heavy atom. The third kappa shape index (κ3) is 4.75. The van der Waals surface area contributed by atoms with Gasteiger partial charge in [0.25, 0.3) is 0 Å². The van der Waals surface area contributed by atoms with Crippen LogP contribution < -0.4 is 5.73 Å². The molecule has 1 aliphatic heterocycles. The summed E-state index contributed by atoms with van der Waals surface area (Å²) in [6.45, 7) is 12.7. The van der Waals surface area contributed by atoms with E-state index >= 15 is 0 Å². The lowest BCUT2D eigenvalue weighted by Gasteiger charge is -2.33. The van der Waals surface area contributed by atoms with E-state index in [-0.39, 0.29) is 5.41 Å². The fourth-order valence-electron chi connectivity index (χ4n) is 1.85. The van der Waals surface area contributed by atoms with E-state index in [1.807, 2.05) is 0 Å². The van der Waals surface area contributed by atoms with Gasteiger partial charge in [0.15, 0.2) is 0 Å². The fraction of sp³-hybridized carbons (Fsp3) is 1.00. The van der Waals surface area contributed by atoms with Crippen molar-refractivity contribution in [1.82, 2.24) is 4.90 Å². The minimum atomic E-state index is 0.246. The first-order chi connectivity index (χ1) is 6.89. The zero-order chi connectivity index (χ0) is 11.5. The average molecular weight is 230 g/mol. The highest BCUT2D eigenvalue weighted by Crippen LogP contribution is 2.22. The van der Waals surface area contributed by atoms with Crippen molar-refractivity contribution in [3.05, 3.63) is 0 Å². The summed E-state index contributed by atoms with van der Waals surface area (Å²) in [6, 6.07) is 0.322. The molecule has 90 valence electrons. The fourth-order valence-corrected chi connectivity index (χ4v) is 2.93. The van der Waals surface area contributed by atoms with Crippen LogP contribution in [0, 0.1) is 5.41 Å². The van der Waals surface area contributed by atoms with Crippen LogP contribution in [0.3, 0.4) is 0 Å². The van der Waals surface area contributed by atoms with Gasteiger partial charge in [0.1, 0.15) is 0 Å². The molecule has 0 radical (unpaired) electrons. The molecule has 1 fully saturated rings. The summed E-state index contributed by atoms with van der Waals surface area (Å²) in [6.07, 6.45) is 1.13. The minimum absolute atomic E-state index is 0.246. The van der Waals surface area contributed by atoms with Crippen molar-refractivity contribution in [1.29, 1.82) is 0 Å². The number of nitrogens with two attached hydrogens (primary N) is 1. The van der Waals surface area contributed by atoms with Crippen LogP contribution >= 0.6 is 11.8 Å². The van der Waals surface area contributed by atoms with E-state index in [0.29, 0.717) is 6.04 Å². The maximum Gasteiger partial charge on any atom is 0.0147 e. The summed E-state index contributed by atoms with van der Waals surface area (Å²) >= 11 is 2.09. The lowest BCUT2D eigenvalue weighted by molar-refractivity contribution is 0.234. The van der Waals surface area contributed by atoms with Crippen LogP contribution in [0.5, 0.6) is 0 Å². The van der Waals surface area contributed by atoms with Gasteiger partial charge in [0.05, 0.1) is 0 Å². The number of thioether (sulfide) groups is 1. The van der Waals surface area contributed by atoms with Crippen LogP contribution in [0.1, 0.15) is 34.1 Å². The molecular formula is C12H26N2S. The summed E-state index contributed by atoms with van der Waals surface area (Å²) in [5.41, 5.74) is 6.42. The second kappa shape index (κ2) is 5.55. The average Bonchev–Trinajstić information content (AvgIpc) is 2.12. The molecule has 1 saturated heterocycles. The molecule has 0 aromatic heterocycles. The van der Waals surface area contributed by atoms with Crippen LogP contribution in [-0.2, 0) is 0 Å². The van der Waals surface area contributed by atoms with E-state index in [4.69, 9.17) is 5.73 Å². The van der Waals surface area contributed by atoms with Gasteiger partial charge < -0.3 is 10.6 Å². The maximum atomic E-state index is 6.17. The van der Waals surface area contributed by atoms with Gasteiger partial charge in [0.2, 0.25) is 0 Å². The lowest BCUT2D eigenvalue weighted by Crippen LogP contribution is -2.42. The van der Waals surface area contributed by atoms with Crippen LogP contribution in [0.15, 0.2) is 0 Å². The van der Waals surface area contributed by atoms with E-state index in [1.165, 1.54) is 25.4 Å². The van der Waals surface area contributed by atoms with Gasteiger partial charge in [-0.15, -0.1) is 0 Å². The minimum Gasteiger partial charge on any atom is -0.327 e. The van der Waals surface area contributed by atoms with Crippen LogP contribution in [0.25, 0.3) is 0 Å². The Morgan fingerprint density at radius 1 is 1.47 bits per heavy atom. The smallest absolute Gasteiger partial charge is 0.0147 e.